The largest absolute Gasteiger partial charge is 0.315 e. The highest BCUT2D eigenvalue weighted by Gasteiger charge is 2.33. The summed E-state index contributed by atoms with van der Waals surface area (Å²) in [6, 6.07) is 0. The Bertz CT molecular complexity index is 205. The van der Waals surface area contributed by atoms with Crippen LogP contribution >= 0.6 is 0 Å². The molecule has 1 aliphatic carbocycles. The van der Waals surface area contributed by atoms with E-state index in [-0.39, 0.29) is 0 Å². The van der Waals surface area contributed by atoms with E-state index in [2.05, 4.69) is 38.3 Å². The van der Waals surface area contributed by atoms with Gasteiger partial charge in [-0.15, -0.1) is 0 Å². The maximum absolute atomic E-state index is 3.68. The number of nitrogens with one attached hydrogen (secondary N) is 2. The van der Waals surface area contributed by atoms with Crippen molar-refractivity contribution in [1.82, 2.24) is 10.6 Å². The van der Waals surface area contributed by atoms with Gasteiger partial charge < -0.3 is 10.6 Å². The number of hydrogen-bond donors (Lipinski definition) is 2. The standard InChI is InChI=1S/C16H34N2/c1-14(2)11-16(7-5-6-8-16)13-18-10-9-17-12-15(3)4/h14-15,17-18H,5-13H2,1-4H3. The molecule has 0 atom stereocenters. The fourth-order valence-corrected chi connectivity index (χ4v) is 3.37. The molecular weight excluding hydrogens is 220 g/mol. The first-order valence-corrected chi connectivity index (χ1v) is 7.95. The highest BCUT2D eigenvalue weighted by atomic mass is 14.9. The lowest BCUT2D eigenvalue weighted by molar-refractivity contribution is 0.224. The Morgan fingerprint density at radius 1 is 0.889 bits per heavy atom. The van der Waals surface area contributed by atoms with Crippen LogP contribution in [0, 0.1) is 17.3 Å². The summed E-state index contributed by atoms with van der Waals surface area (Å²) in [5.41, 5.74) is 0.617. The van der Waals surface area contributed by atoms with Gasteiger partial charge in [0.05, 0.1) is 0 Å². The molecular formula is C16H34N2. The number of hydrogen-bond acceptors (Lipinski definition) is 2. The predicted octanol–water partition coefficient (Wildman–Crippen LogP) is 3.43. The first-order valence-electron chi connectivity index (χ1n) is 7.95. The van der Waals surface area contributed by atoms with Gasteiger partial charge in [0.25, 0.3) is 0 Å². The summed E-state index contributed by atoms with van der Waals surface area (Å²) in [5, 5.41) is 7.19. The van der Waals surface area contributed by atoms with E-state index in [1.807, 2.05) is 0 Å². The summed E-state index contributed by atoms with van der Waals surface area (Å²) < 4.78 is 0. The van der Waals surface area contributed by atoms with E-state index in [9.17, 15) is 0 Å². The van der Waals surface area contributed by atoms with Crippen molar-refractivity contribution in [1.29, 1.82) is 0 Å². The van der Waals surface area contributed by atoms with Gasteiger partial charge in [0.1, 0.15) is 0 Å². The third-order valence-electron chi connectivity index (χ3n) is 4.04. The van der Waals surface area contributed by atoms with Gasteiger partial charge in [0.15, 0.2) is 0 Å². The van der Waals surface area contributed by atoms with Gasteiger partial charge in [-0.1, -0.05) is 40.5 Å². The molecule has 1 aliphatic rings. The van der Waals surface area contributed by atoms with Gasteiger partial charge in [0, 0.05) is 19.6 Å². The fourth-order valence-electron chi connectivity index (χ4n) is 3.37. The molecule has 1 rings (SSSR count). The highest BCUT2D eigenvalue weighted by molar-refractivity contribution is 4.87. The zero-order valence-electron chi connectivity index (χ0n) is 13.0. The maximum Gasteiger partial charge on any atom is 0.00769 e. The normalized spacial score (nSPS) is 19.0. The van der Waals surface area contributed by atoms with Gasteiger partial charge >= 0.3 is 0 Å². The Morgan fingerprint density at radius 3 is 2.06 bits per heavy atom. The Balaban J connectivity index is 2.14. The van der Waals surface area contributed by atoms with E-state index in [1.165, 1.54) is 38.6 Å². The fraction of sp³-hybridized carbons (Fsp3) is 1.00. The molecule has 0 bridgehead atoms. The maximum atomic E-state index is 3.68. The average Bonchev–Trinajstić information content (AvgIpc) is 2.70. The first-order chi connectivity index (χ1) is 8.54. The van der Waals surface area contributed by atoms with E-state index < -0.39 is 0 Å². The minimum atomic E-state index is 0.617. The lowest BCUT2D eigenvalue weighted by Gasteiger charge is -2.31. The van der Waals surface area contributed by atoms with Crippen LogP contribution in [-0.4, -0.2) is 26.2 Å². The Hall–Kier alpha value is -0.0800. The molecule has 0 aliphatic heterocycles. The van der Waals surface area contributed by atoms with Crippen molar-refractivity contribution in [2.45, 2.75) is 59.8 Å². The van der Waals surface area contributed by atoms with Crippen molar-refractivity contribution < 1.29 is 0 Å². The lowest BCUT2D eigenvalue weighted by atomic mass is 9.78. The first kappa shape index (κ1) is 16.0. The topological polar surface area (TPSA) is 24.1 Å². The van der Waals surface area contributed by atoms with E-state index in [0.717, 1.165) is 31.5 Å². The molecule has 0 aromatic rings. The van der Waals surface area contributed by atoms with E-state index in [0.29, 0.717) is 5.41 Å². The van der Waals surface area contributed by atoms with Crippen LogP contribution < -0.4 is 10.6 Å². The van der Waals surface area contributed by atoms with Gasteiger partial charge in [-0.25, -0.2) is 0 Å². The van der Waals surface area contributed by atoms with Crippen molar-refractivity contribution in [3.63, 3.8) is 0 Å². The second-order valence-corrected chi connectivity index (χ2v) is 7.08. The molecule has 18 heavy (non-hydrogen) atoms. The molecule has 0 radical (unpaired) electrons. The van der Waals surface area contributed by atoms with Crippen LogP contribution in [0.4, 0.5) is 0 Å². The van der Waals surface area contributed by atoms with Crippen molar-refractivity contribution >= 4 is 0 Å². The SMILES string of the molecule is CC(C)CNCCNCC1(CC(C)C)CCCC1. The smallest absolute Gasteiger partial charge is 0.00769 e. The molecule has 0 saturated heterocycles. The van der Waals surface area contributed by atoms with Crippen LogP contribution in [0.2, 0.25) is 0 Å². The van der Waals surface area contributed by atoms with Crippen LogP contribution in [0.25, 0.3) is 0 Å². The van der Waals surface area contributed by atoms with Gasteiger partial charge in [-0.3, -0.25) is 0 Å². The Kier molecular flexibility index (Phi) is 7.25. The minimum absolute atomic E-state index is 0.617. The van der Waals surface area contributed by atoms with Crippen LogP contribution in [0.5, 0.6) is 0 Å². The summed E-state index contributed by atoms with van der Waals surface area (Å²) in [5.74, 6) is 1.59. The third-order valence-corrected chi connectivity index (χ3v) is 4.04. The van der Waals surface area contributed by atoms with Gasteiger partial charge in [0.2, 0.25) is 0 Å². The van der Waals surface area contributed by atoms with E-state index in [4.69, 9.17) is 0 Å². The lowest BCUT2D eigenvalue weighted by Crippen LogP contribution is -2.37. The molecule has 0 spiro atoms. The zero-order chi connectivity index (χ0) is 13.4. The number of rotatable bonds is 9. The summed E-state index contributed by atoms with van der Waals surface area (Å²) >= 11 is 0. The third kappa shape index (κ3) is 6.19. The van der Waals surface area contributed by atoms with Crippen LogP contribution in [0.3, 0.4) is 0 Å². The minimum Gasteiger partial charge on any atom is -0.315 e. The summed E-state index contributed by atoms with van der Waals surface area (Å²) in [4.78, 5) is 0. The second kappa shape index (κ2) is 8.16. The summed E-state index contributed by atoms with van der Waals surface area (Å²) in [7, 11) is 0. The average molecular weight is 254 g/mol. The van der Waals surface area contributed by atoms with Gasteiger partial charge in [-0.05, 0) is 43.1 Å². The van der Waals surface area contributed by atoms with Crippen molar-refractivity contribution in [3.8, 4) is 0 Å². The Morgan fingerprint density at radius 2 is 1.50 bits per heavy atom. The summed E-state index contributed by atoms with van der Waals surface area (Å²) in [6.07, 6.45) is 7.18. The van der Waals surface area contributed by atoms with Crippen molar-refractivity contribution in [3.05, 3.63) is 0 Å². The van der Waals surface area contributed by atoms with Gasteiger partial charge in [-0.2, -0.15) is 0 Å². The molecule has 108 valence electrons. The molecule has 1 fully saturated rings. The van der Waals surface area contributed by atoms with Crippen LogP contribution in [0.1, 0.15) is 59.8 Å². The molecule has 0 amide bonds. The molecule has 0 heterocycles. The molecule has 1 saturated carbocycles. The van der Waals surface area contributed by atoms with E-state index >= 15 is 0 Å². The summed E-state index contributed by atoms with van der Waals surface area (Å²) in [6.45, 7) is 13.8. The van der Waals surface area contributed by atoms with Crippen molar-refractivity contribution in [2.75, 3.05) is 26.2 Å². The van der Waals surface area contributed by atoms with Crippen LogP contribution in [0.15, 0.2) is 0 Å². The molecule has 0 unspecified atom stereocenters. The molecule has 2 heteroatoms. The second-order valence-electron chi connectivity index (χ2n) is 7.08. The molecule has 0 aromatic heterocycles. The highest BCUT2D eigenvalue weighted by Crippen LogP contribution is 2.42. The molecule has 2 N–H and O–H groups in total. The van der Waals surface area contributed by atoms with E-state index in [1.54, 1.807) is 0 Å². The van der Waals surface area contributed by atoms with Crippen LogP contribution in [-0.2, 0) is 0 Å². The van der Waals surface area contributed by atoms with Crippen molar-refractivity contribution in [2.24, 2.45) is 17.3 Å². The predicted molar refractivity (Wildman–Crippen MR) is 80.9 cm³/mol. The monoisotopic (exact) mass is 254 g/mol. The Labute approximate surface area is 114 Å². The molecule has 2 nitrogen and oxygen atoms in total. The quantitative estimate of drug-likeness (QED) is 0.616. The molecule has 0 aromatic carbocycles. The zero-order valence-corrected chi connectivity index (χ0v) is 13.0.